The summed E-state index contributed by atoms with van der Waals surface area (Å²) in [5.74, 6) is 3.55. The second-order valence-electron chi connectivity index (χ2n) is 5.24. The summed E-state index contributed by atoms with van der Waals surface area (Å²) in [7, 11) is 2.32. The zero-order chi connectivity index (χ0) is 11.4. The van der Waals surface area contributed by atoms with Crippen molar-refractivity contribution in [1.29, 1.82) is 0 Å². The van der Waals surface area contributed by atoms with Crippen molar-refractivity contribution in [2.75, 3.05) is 44.7 Å². The zero-order valence-corrected chi connectivity index (χ0v) is 11.6. The predicted molar refractivity (Wildman–Crippen MR) is 73.2 cm³/mol. The molecule has 0 aliphatic carbocycles. The zero-order valence-electron chi connectivity index (χ0n) is 10.8. The van der Waals surface area contributed by atoms with Gasteiger partial charge in [-0.3, -0.25) is 0 Å². The van der Waals surface area contributed by atoms with Crippen LogP contribution in [-0.2, 0) is 0 Å². The van der Waals surface area contributed by atoms with Gasteiger partial charge in [-0.1, -0.05) is 6.92 Å². The molecule has 2 atom stereocenters. The minimum absolute atomic E-state index is 0.892. The van der Waals surface area contributed by atoms with Crippen molar-refractivity contribution in [3.8, 4) is 0 Å². The van der Waals surface area contributed by atoms with Crippen LogP contribution in [0.5, 0.6) is 0 Å². The van der Waals surface area contributed by atoms with Gasteiger partial charge < -0.3 is 9.80 Å². The second-order valence-corrected chi connectivity index (χ2v) is 6.63. The molecule has 2 aliphatic heterocycles. The molecule has 2 fully saturated rings. The first-order valence-electron chi connectivity index (χ1n) is 6.81. The number of likely N-dealkylation sites (tertiary alicyclic amines) is 2. The standard InChI is InChI=1S/C13H26N2S/c1-3-16-10-9-15-8-6-13-12(11-15)5-4-7-14(13)2/h12-13H,3-11H2,1-2H3. The van der Waals surface area contributed by atoms with Crippen LogP contribution in [0.25, 0.3) is 0 Å². The van der Waals surface area contributed by atoms with E-state index in [0.29, 0.717) is 0 Å². The number of nitrogens with zero attached hydrogens (tertiary/aromatic N) is 2. The summed E-state index contributed by atoms with van der Waals surface area (Å²) in [5.41, 5.74) is 0. The Balaban J connectivity index is 1.76. The Hall–Kier alpha value is 0.270. The largest absolute Gasteiger partial charge is 0.303 e. The summed E-state index contributed by atoms with van der Waals surface area (Å²) in [6, 6.07) is 0.892. The molecule has 0 aromatic rings. The van der Waals surface area contributed by atoms with Crippen molar-refractivity contribution in [3.05, 3.63) is 0 Å². The monoisotopic (exact) mass is 242 g/mol. The summed E-state index contributed by atoms with van der Waals surface area (Å²) in [6.07, 6.45) is 4.28. The molecular formula is C13H26N2S. The molecule has 0 N–H and O–H groups in total. The van der Waals surface area contributed by atoms with E-state index < -0.39 is 0 Å². The molecular weight excluding hydrogens is 216 g/mol. The number of fused-ring (bicyclic) bond motifs is 1. The first kappa shape index (κ1) is 12.7. The smallest absolute Gasteiger partial charge is 0.0145 e. The third-order valence-electron chi connectivity index (χ3n) is 4.19. The highest BCUT2D eigenvalue weighted by atomic mass is 32.2. The quantitative estimate of drug-likeness (QED) is 0.698. The van der Waals surface area contributed by atoms with Crippen molar-refractivity contribution in [2.45, 2.75) is 32.2 Å². The maximum atomic E-state index is 2.70. The molecule has 2 rings (SSSR count). The number of hydrogen-bond donors (Lipinski definition) is 0. The van der Waals surface area contributed by atoms with Crippen LogP contribution in [0.3, 0.4) is 0 Å². The Kier molecular flexibility index (Phi) is 4.98. The molecule has 2 unspecified atom stereocenters. The normalized spacial score (nSPS) is 32.6. The Labute approximate surface area is 105 Å². The molecule has 3 heteroatoms. The molecule has 2 nitrogen and oxygen atoms in total. The molecule has 2 saturated heterocycles. The predicted octanol–water partition coefficient (Wildman–Crippen LogP) is 2.16. The fraction of sp³-hybridized carbons (Fsp3) is 1.00. The summed E-state index contributed by atoms with van der Waals surface area (Å²) in [5, 5.41) is 0. The Bertz CT molecular complexity index is 210. The van der Waals surface area contributed by atoms with Crippen molar-refractivity contribution in [1.82, 2.24) is 9.80 Å². The average Bonchev–Trinajstić information content (AvgIpc) is 2.30. The molecule has 0 aromatic heterocycles. The van der Waals surface area contributed by atoms with Gasteiger partial charge in [-0.25, -0.2) is 0 Å². The van der Waals surface area contributed by atoms with Gasteiger partial charge in [0.15, 0.2) is 0 Å². The van der Waals surface area contributed by atoms with Crippen LogP contribution in [-0.4, -0.2) is 60.6 Å². The van der Waals surface area contributed by atoms with Gasteiger partial charge in [0.2, 0.25) is 0 Å². The Morgan fingerprint density at radius 2 is 2.12 bits per heavy atom. The van der Waals surface area contributed by atoms with Crippen molar-refractivity contribution in [3.63, 3.8) is 0 Å². The lowest BCUT2D eigenvalue weighted by molar-refractivity contribution is 0.0413. The molecule has 0 radical (unpaired) electrons. The van der Waals surface area contributed by atoms with E-state index in [-0.39, 0.29) is 0 Å². The van der Waals surface area contributed by atoms with Gasteiger partial charge in [0.1, 0.15) is 0 Å². The number of piperidine rings is 2. The van der Waals surface area contributed by atoms with Gasteiger partial charge in [0.05, 0.1) is 0 Å². The van der Waals surface area contributed by atoms with Gasteiger partial charge >= 0.3 is 0 Å². The molecule has 0 amide bonds. The molecule has 2 heterocycles. The van der Waals surface area contributed by atoms with Gasteiger partial charge in [-0.15, -0.1) is 0 Å². The number of rotatable bonds is 4. The highest BCUT2D eigenvalue weighted by molar-refractivity contribution is 7.99. The molecule has 2 aliphatic rings. The lowest BCUT2D eigenvalue weighted by atomic mass is 9.84. The van der Waals surface area contributed by atoms with Crippen LogP contribution < -0.4 is 0 Å². The first-order valence-corrected chi connectivity index (χ1v) is 7.97. The maximum absolute atomic E-state index is 2.70. The molecule has 0 aromatic carbocycles. The lowest BCUT2D eigenvalue weighted by Gasteiger charge is -2.46. The highest BCUT2D eigenvalue weighted by Gasteiger charge is 2.33. The fourth-order valence-corrected chi connectivity index (χ4v) is 3.94. The van der Waals surface area contributed by atoms with Gasteiger partial charge in [0, 0.05) is 24.9 Å². The molecule has 16 heavy (non-hydrogen) atoms. The molecule has 0 saturated carbocycles. The molecule has 0 spiro atoms. The van der Waals surface area contributed by atoms with Crippen LogP contribution >= 0.6 is 11.8 Å². The topological polar surface area (TPSA) is 6.48 Å². The highest BCUT2D eigenvalue weighted by Crippen LogP contribution is 2.29. The SMILES string of the molecule is CCSCCN1CCC2C(CCCN2C)C1. The third-order valence-corrected chi connectivity index (χ3v) is 5.07. The first-order chi connectivity index (χ1) is 7.81. The van der Waals surface area contributed by atoms with Gasteiger partial charge in [-0.2, -0.15) is 11.8 Å². The van der Waals surface area contributed by atoms with E-state index in [1.807, 2.05) is 0 Å². The van der Waals surface area contributed by atoms with E-state index in [4.69, 9.17) is 0 Å². The van der Waals surface area contributed by atoms with E-state index in [9.17, 15) is 0 Å². The number of hydrogen-bond acceptors (Lipinski definition) is 3. The molecule has 0 bridgehead atoms. The van der Waals surface area contributed by atoms with E-state index in [1.54, 1.807) is 0 Å². The van der Waals surface area contributed by atoms with E-state index in [2.05, 4.69) is 35.5 Å². The summed E-state index contributed by atoms with van der Waals surface area (Å²) >= 11 is 2.08. The fourth-order valence-electron chi connectivity index (χ4n) is 3.27. The van der Waals surface area contributed by atoms with Crippen molar-refractivity contribution in [2.24, 2.45) is 5.92 Å². The summed E-state index contributed by atoms with van der Waals surface area (Å²) < 4.78 is 0. The van der Waals surface area contributed by atoms with Crippen LogP contribution in [0.15, 0.2) is 0 Å². The van der Waals surface area contributed by atoms with Crippen molar-refractivity contribution < 1.29 is 0 Å². The van der Waals surface area contributed by atoms with Gasteiger partial charge in [-0.05, 0) is 51.1 Å². The average molecular weight is 242 g/mol. The minimum Gasteiger partial charge on any atom is -0.303 e. The van der Waals surface area contributed by atoms with E-state index in [1.165, 1.54) is 56.9 Å². The summed E-state index contributed by atoms with van der Waals surface area (Å²) in [4.78, 5) is 5.30. The van der Waals surface area contributed by atoms with Crippen LogP contribution in [0.2, 0.25) is 0 Å². The second kappa shape index (κ2) is 6.27. The molecule has 94 valence electrons. The van der Waals surface area contributed by atoms with E-state index in [0.717, 1.165) is 12.0 Å². The van der Waals surface area contributed by atoms with E-state index >= 15 is 0 Å². The van der Waals surface area contributed by atoms with Crippen LogP contribution in [0, 0.1) is 5.92 Å². The van der Waals surface area contributed by atoms with Gasteiger partial charge in [0.25, 0.3) is 0 Å². The van der Waals surface area contributed by atoms with Crippen LogP contribution in [0.1, 0.15) is 26.2 Å². The lowest BCUT2D eigenvalue weighted by Crippen LogP contribution is -2.52. The Morgan fingerprint density at radius 3 is 2.94 bits per heavy atom. The van der Waals surface area contributed by atoms with Crippen LogP contribution in [0.4, 0.5) is 0 Å². The Morgan fingerprint density at radius 1 is 1.25 bits per heavy atom. The summed E-state index contributed by atoms with van der Waals surface area (Å²) in [6.45, 7) is 7.58. The number of thioether (sulfide) groups is 1. The minimum atomic E-state index is 0.892. The van der Waals surface area contributed by atoms with Crippen molar-refractivity contribution >= 4 is 11.8 Å². The third kappa shape index (κ3) is 3.14. The maximum Gasteiger partial charge on any atom is 0.0145 e.